The Balaban J connectivity index is 2.19. The summed E-state index contributed by atoms with van der Waals surface area (Å²) in [6.45, 7) is 2.01. The molecule has 92 valence electrons. The van der Waals surface area contributed by atoms with Crippen molar-refractivity contribution in [1.29, 1.82) is 0 Å². The Kier molecular flexibility index (Phi) is 2.79. The molecule has 7 heteroatoms. The average Bonchev–Trinajstić information content (AvgIpc) is 2.91. The molecule has 3 aromatic rings. The highest BCUT2D eigenvalue weighted by atomic mass is 79.9. The van der Waals surface area contributed by atoms with Gasteiger partial charge in [-0.15, -0.1) is 10.2 Å². The number of hydrogen-bond acceptors (Lipinski definition) is 5. The van der Waals surface area contributed by atoms with E-state index in [1.54, 1.807) is 16.6 Å². The number of fused-ring (bicyclic) bond motifs is 1. The molecule has 2 heterocycles. The number of halogens is 1. The highest BCUT2D eigenvalue weighted by Gasteiger charge is 2.14. The lowest BCUT2D eigenvalue weighted by Gasteiger charge is -2.00. The van der Waals surface area contributed by atoms with Crippen LogP contribution < -0.4 is 0 Å². The normalized spacial score (nSPS) is 11.2. The van der Waals surface area contributed by atoms with E-state index in [-0.39, 0.29) is 5.75 Å². The first-order valence-electron chi connectivity index (χ1n) is 5.39. The van der Waals surface area contributed by atoms with Crippen molar-refractivity contribution in [3.8, 4) is 16.3 Å². The summed E-state index contributed by atoms with van der Waals surface area (Å²) in [5.41, 5.74) is 0.696. The lowest BCUT2D eigenvalue weighted by Crippen LogP contribution is -1.93. The summed E-state index contributed by atoms with van der Waals surface area (Å²) >= 11 is 4.79. The maximum atomic E-state index is 9.88. The van der Waals surface area contributed by atoms with Crippen LogP contribution in [0.25, 0.3) is 15.5 Å². The third kappa shape index (κ3) is 1.79. The maximum absolute atomic E-state index is 9.88. The van der Waals surface area contributed by atoms with Gasteiger partial charge in [-0.3, -0.25) is 0 Å². The third-order valence-electron chi connectivity index (χ3n) is 2.56. The zero-order valence-corrected chi connectivity index (χ0v) is 11.9. The summed E-state index contributed by atoms with van der Waals surface area (Å²) < 4.78 is 2.62. The fourth-order valence-corrected chi connectivity index (χ4v) is 2.91. The van der Waals surface area contributed by atoms with Gasteiger partial charge >= 0.3 is 0 Å². The van der Waals surface area contributed by atoms with E-state index in [2.05, 4.69) is 31.2 Å². The SMILES string of the molecule is CCc1nnc2sc(-c3cc(Br)ccc3O)nn12. The molecule has 0 aliphatic rings. The van der Waals surface area contributed by atoms with Crippen LogP contribution in [0.4, 0.5) is 0 Å². The molecular weight excluding hydrogens is 316 g/mol. The summed E-state index contributed by atoms with van der Waals surface area (Å²) in [6.07, 6.45) is 0.773. The smallest absolute Gasteiger partial charge is 0.234 e. The van der Waals surface area contributed by atoms with E-state index >= 15 is 0 Å². The first-order valence-corrected chi connectivity index (χ1v) is 7.00. The van der Waals surface area contributed by atoms with Gasteiger partial charge in [0.1, 0.15) is 5.75 Å². The van der Waals surface area contributed by atoms with Gasteiger partial charge < -0.3 is 5.11 Å². The summed E-state index contributed by atoms with van der Waals surface area (Å²) in [6, 6.07) is 5.27. The quantitative estimate of drug-likeness (QED) is 0.787. The molecule has 1 aromatic carbocycles. The molecule has 3 rings (SSSR count). The molecule has 0 saturated carbocycles. The number of phenols is 1. The Morgan fingerprint density at radius 1 is 1.39 bits per heavy atom. The van der Waals surface area contributed by atoms with Crippen LogP contribution in [0.3, 0.4) is 0 Å². The maximum Gasteiger partial charge on any atom is 0.234 e. The molecule has 0 saturated heterocycles. The van der Waals surface area contributed by atoms with Gasteiger partial charge in [0, 0.05) is 10.9 Å². The van der Waals surface area contributed by atoms with Crippen LogP contribution in [0, 0.1) is 0 Å². The lowest BCUT2D eigenvalue weighted by molar-refractivity contribution is 0.477. The highest BCUT2D eigenvalue weighted by molar-refractivity contribution is 9.10. The Morgan fingerprint density at radius 2 is 2.22 bits per heavy atom. The minimum absolute atomic E-state index is 0.209. The number of aryl methyl sites for hydroxylation is 1. The fraction of sp³-hybridized carbons (Fsp3) is 0.182. The lowest BCUT2D eigenvalue weighted by atomic mass is 10.2. The topological polar surface area (TPSA) is 63.3 Å². The van der Waals surface area contributed by atoms with Crippen LogP contribution in [-0.4, -0.2) is 24.9 Å². The molecule has 0 aliphatic carbocycles. The average molecular weight is 325 g/mol. The zero-order chi connectivity index (χ0) is 12.7. The summed E-state index contributed by atoms with van der Waals surface area (Å²) in [4.78, 5) is 0.737. The van der Waals surface area contributed by atoms with Gasteiger partial charge in [-0.2, -0.15) is 9.61 Å². The van der Waals surface area contributed by atoms with Crippen molar-refractivity contribution >= 4 is 32.2 Å². The highest BCUT2D eigenvalue weighted by Crippen LogP contribution is 2.34. The molecule has 0 aliphatic heterocycles. The number of phenolic OH excluding ortho intramolecular Hbond substituents is 1. The van der Waals surface area contributed by atoms with E-state index in [4.69, 9.17) is 0 Å². The van der Waals surface area contributed by atoms with Crippen molar-refractivity contribution < 1.29 is 5.11 Å². The minimum atomic E-state index is 0.209. The van der Waals surface area contributed by atoms with Crippen molar-refractivity contribution in [2.75, 3.05) is 0 Å². The monoisotopic (exact) mass is 324 g/mol. The van der Waals surface area contributed by atoms with Crippen LogP contribution >= 0.6 is 27.3 Å². The standard InChI is InChI=1S/C11H9BrN4OS/c1-2-9-13-14-11-16(9)15-10(18-11)7-5-6(12)3-4-8(7)17/h3-5,17H,2H2,1H3. The number of nitrogens with zero attached hydrogens (tertiary/aromatic N) is 4. The van der Waals surface area contributed by atoms with Gasteiger partial charge in [0.2, 0.25) is 4.96 Å². The molecule has 2 aromatic heterocycles. The molecule has 0 fully saturated rings. The largest absolute Gasteiger partial charge is 0.507 e. The predicted octanol–water partition coefficient (Wildman–Crippen LogP) is 2.88. The van der Waals surface area contributed by atoms with Crippen molar-refractivity contribution in [3.63, 3.8) is 0 Å². The first kappa shape index (κ1) is 11.6. The van der Waals surface area contributed by atoms with E-state index in [0.717, 1.165) is 26.7 Å². The van der Waals surface area contributed by atoms with Gasteiger partial charge in [0.05, 0.1) is 5.56 Å². The molecule has 18 heavy (non-hydrogen) atoms. The molecule has 0 bridgehead atoms. The van der Waals surface area contributed by atoms with E-state index in [1.165, 1.54) is 11.3 Å². The Bertz CT molecular complexity index is 721. The molecule has 0 amide bonds. The zero-order valence-electron chi connectivity index (χ0n) is 9.46. The Labute approximate surface area is 115 Å². The molecule has 5 nitrogen and oxygen atoms in total. The molecule has 0 spiro atoms. The summed E-state index contributed by atoms with van der Waals surface area (Å²) in [5, 5.41) is 23.2. The number of benzene rings is 1. The second kappa shape index (κ2) is 4.33. The Hall–Kier alpha value is -1.47. The van der Waals surface area contributed by atoms with E-state index in [1.807, 2.05) is 13.0 Å². The predicted molar refractivity (Wildman–Crippen MR) is 72.8 cm³/mol. The third-order valence-corrected chi connectivity index (χ3v) is 3.99. The number of aromatic hydroxyl groups is 1. The van der Waals surface area contributed by atoms with Crippen LogP contribution in [0.2, 0.25) is 0 Å². The van der Waals surface area contributed by atoms with Crippen molar-refractivity contribution in [2.24, 2.45) is 0 Å². The van der Waals surface area contributed by atoms with E-state index in [0.29, 0.717) is 5.56 Å². The molecule has 0 radical (unpaired) electrons. The Morgan fingerprint density at radius 3 is 3.00 bits per heavy atom. The molecule has 0 atom stereocenters. The number of rotatable bonds is 2. The van der Waals surface area contributed by atoms with Gasteiger partial charge in [0.25, 0.3) is 0 Å². The van der Waals surface area contributed by atoms with Crippen molar-refractivity contribution in [2.45, 2.75) is 13.3 Å². The van der Waals surface area contributed by atoms with Crippen LogP contribution in [0.1, 0.15) is 12.7 Å². The van der Waals surface area contributed by atoms with E-state index < -0.39 is 0 Å². The number of aromatic nitrogens is 4. The van der Waals surface area contributed by atoms with Crippen molar-refractivity contribution in [1.82, 2.24) is 19.8 Å². The van der Waals surface area contributed by atoms with Crippen LogP contribution in [0.5, 0.6) is 5.75 Å². The van der Waals surface area contributed by atoms with Gasteiger partial charge in [-0.05, 0) is 18.2 Å². The molecule has 0 unspecified atom stereocenters. The van der Waals surface area contributed by atoms with Gasteiger partial charge in [0.15, 0.2) is 10.8 Å². The fourth-order valence-electron chi connectivity index (χ4n) is 1.67. The van der Waals surface area contributed by atoms with Gasteiger partial charge in [-0.1, -0.05) is 34.2 Å². The second-order valence-electron chi connectivity index (χ2n) is 3.73. The minimum Gasteiger partial charge on any atom is -0.507 e. The van der Waals surface area contributed by atoms with E-state index in [9.17, 15) is 5.11 Å². The van der Waals surface area contributed by atoms with Crippen LogP contribution in [0.15, 0.2) is 22.7 Å². The summed E-state index contributed by atoms with van der Waals surface area (Å²) in [5.74, 6) is 1.03. The molecular formula is C11H9BrN4OS. The molecule has 1 N–H and O–H groups in total. The van der Waals surface area contributed by atoms with Crippen LogP contribution in [-0.2, 0) is 6.42 Å². The van der Waals surface area contributed by atoms with Crippen molar-refractivity contribution in [3.05, 3.63) is 28.5 Å². The first-order chi connectivity index (χ1) is 8.69. The summed E-state index contributed by atoms with van der Waals surface area (Å²) in [7, 11) is 0. The second-order valence-corrected chi connectivity index (χ2v) is 5.60. The van der Waals surface area contributed by atoms with Gasteiger partial charge in [-0.25, -0.2) is 0 Å². The number of hydrogen-bond donors (Lipinski definition) is 1.